The number of carbonyl (C=O) groups is 1. The maximum absolute atomic E-state index is 12.0. The smallest absolute Gasteiger partial charge is 0.242 e. The quantitative estimate of drug-likeness (QED) is 0.885. The summed E-state index contributed by atoms with van der Waals surface area (Å²) in [6.45, 7) is 0.158. The van der Waals surface area contributed by atoms with Crippen molar-refractivity contribution in [2.24, 2.45) is 0 Å². The molecular formula is C13H15N5O. The molecule has 1 aromatic heterocycles. The summed E-state index contributed by atoms with van der Waals surface area (Å²) in [6.07, 6.45) is 4.62. The average molecular weight is 257 g/mol. The first-order chi connectivity index (χ1) is 9.33. The Labute approximate surface area is 110 Å². The first kappa shape index (κ1) is 11.8. The molecule has 1 N–H and O–H groups in total. The number of rotatable bonds is 3. The maximum Gasteiger partial charge on any atom is 0.242 e. The van der Waals surface area contributed by atoms with Gasteiger partial charge in [0.05, 0.1) is 6.04 Å². The van der Waals surface area contributed by atoms with Gasteiger partial charge >= 0.3 is 0 Å². The third-order valence-electron chi connectivity index (χ3n) is 3.40. The molecule has 1 aliphatic carbocycles. The zero-order chi connectivity index (χ0) is 13.1. The van der Waals surface area contributed by atoms with Crippen molar-refractivity contribution in [1.82, 2.24) is 25.5 Å². The molecule has 1 atom stereocenters. The van der Waals surface area contributed by atoms with Crippen LogP contribution in [0.1, 0.15) is 30.0 Å². The van der Waals surface area contributed by atoms with Crippen LogP contribution in [0, 0.1) is 0 Å². The van der Waals surface area contributed by atoms with Crippen LogP contribution in [-0.2, 0) is 17.8 Å². The zero-order valence-electron chi connectivity index (χ0n) is 10.5. The van der Waals surface area contributed by atoms with E-state index in [4.69, 9.17) is 0 Å². The van der Waals surface area contributed by atoms with Crippen LogP contribution in [0.5, 0.6) is 0 Å². The van der Waals surface area contributed by atoms with Crippen molar-refractivity contribution >= 4 is 5.91 Å². The Morgan fingerprint density at radius 1 is 1.42 bits per heavy atom. The number of amides is 1. The molecule has 0 radical (unpaired) electrons. The van der Waals surface area contributed by atoms with Gasteiger partial charge in [0, 0.05) is 0 Å². The number of aromatic nitrogens is 4. The summed E-state index contributed by atoms with van der Waals surface area (Å²) in [7, 11) is 0. The lowest BCUT2D eigenvalue weighted by molar-refractivity contribution is -0.122. The van der Waals surface area contributed by atoms with Crippen LogP contribution < -0.4 is 5.32 Å². The van der Waals surface area contributed by atoms with Gasteiger partial charge < -0.3 is 5.32 Å². The van der Waals surface area contributed by atoms with Crippen molar-refractivity contribution in [3.8, 4) is 0 Å². The first-order valence-electron chi connectivity index (χ1n) is 6.41. The standard InChI is InChI=1S/C13H15N5O/c19-13(8-18-9-14-16-17-18)15-12-7-3-5-10-4-1-2-6-11(10)12/h1-2,4,6,9,12H,3,5,7-8H2,(H,15,19)/t12-/m0/s1. The predicted octanol–water partition coefficient (Wildman–Crippen LogP) is 0.867. The van der Waals surface area contributed by atoms with Crippen LogP contribution in [-0.4, -0.2) is 26.1 Å². The minimum absolute atomic E-state index is 0.0611. The number of aryl methyl sites for hydroxylation is 1. The largest absolute Gasteiger partial charge is 0.348 e. The van der Waals surface area contributed by atoms with Crippen molar-refractivity contribution in [2.45, 2.75) is 31.8 Å². The third-order valence-corrected chi connectivity index (χ3v) is 3.40. The van der Waals surface area contributed by atoms with E-state index in [0.29, 0.717) is 0 Å². The molecule has 2 aromatic rings. The summed E-state index contributed by atoms with van der Waals surface area (Å²) in [5.41, 5.74) is 2.57. The van der Waals surface area contributed by atoms with E-state index in [2.05, 4.69) is 33.0 Å². The summed E-state index contributed by atoms with van der Waals surface area (Å²) in [4.78, 5) is 12.0. The van der Waals surface area contributed by atoms with Crippen LogP contribution in [0.15, 0.2) is 30.6 Å². The van der Waals surface area contributed by atoms with E-state index in [9.17, 15) is 4.79 Å². The topological polar surface area (TPSA) is 72.7 Å². The molecule has 1 amide bonds. The fourth-order valence-corrected chi connectivity index (χ4v) is 2.54. The van der Waals surface area contributed by atoms with Crippen molar-refractivity contribution in [2.75, 3.05) is 0 Å². The number of carbonyl (C=O) groups excluding carboxylic acids is 1. The van der Waals surface area contributed by atoms with Crippen molar-refractivity contribution < 1.29 is 4.79 Å². The first-order valence-corrected chi connectivity index (χ1v) is 6.41. The number of hydrogen-bond acceptors (Lipinski definition) is 4. The van der Waals surface area contributed by atoms with Gasteiger partial charge in [-0.2, -0.15) is 0 Å². The second-order valence-electron chi connectivity index (χ2n) is 4.72. The highest BCUT2D eigenvalue weighted by molar-refractivity contribution is 5.76. The minimum Gasteiger partial charge on any atom is -0.348 e. The molecular weight excluding hydrogens is 242 g/mol. The molecule has 0 unspecified atom stereocenters. The molecule has 1 aliphatic rings. The van der Waals surface area contributed by atoms with Gasteiger partial charge in [-0.25, -0.2) is 4.68 Å². The summed E-state index contributed by atoms with van der Waals surface area (Å²) in [5, 5.41) is 13.8. The van der Waals surface area contributed by atoms with Crippen molar-refractivity contribution in [3.63, 3.8) is 0 Å². The normalized spacial score (nSPS) is 17.8. The Kier molecular flexibility index (Phi) is 3.22. The number of nitrogens with one attached hydrogen (secondary N) is 1. The Morgan fingerprint density at radius 2 is 2.32 bits per heavy atom. The van der Waals surface area contributed by atoms with E-state index in [1.54, 1.807) is 0 Å². The highest BCUT2D eigenvalue weighted by atomic mass is 16.2. The minimum atomic E-state index is -0.0611. The van der Waals surface area contributed by atoms with E-state index < -0.39 is 0 Å². The van der Waals surface area contributed by atoms with Crippen LogP contribution in [0.4, 0.5) is 0 Å². The van der Waals surface area contributed by atoms with E-state index >= 15 is 0 Å². The van der Waals surface area contributed by atoms with Crippen LogP contribution in [0.25, 0.3) is 0 Å². The summed E-state index contributed by atoms with van der Waals surface area (Å²) in [6, 6.07) is 8.40. The summed E-state index contributed by atoms with van der Waals surface area (Å²) in [5.74, 6) is -0.0611. The molecule has 6 heteroatoms. The predicted molar refractivity (Wildman–Crippen MR) is 68.1 cm³/mol. The monoisotopic (exact) mass is 257 g/mol. The molecule has 0 bridgehead atoms. The number of benzene rings is 1. The summed E-state index contributed by atoms with van der Waals surface area (Å²) >= 11 is 0. The second-order valence-corrected chi connectivity index (χ2v) is 4.72. The SMILES string of the molecule is O=C(Cn1cnnn1)N[C@H]1CCCc2ccccc21. The second kappa shape index (κ2) is 5.17. The molecule has 0 saturated carbocycles. The molecule has 1 heterocycles. The van der Waals surface area contributed by atoms with Crippen molar-refractivity contribution in [3.05, 3.63) is 41.7 Å². The van der Waals surface area contributed by atoms with Gasteiger partial charge in [0.2, 0.25) is 5.91 Å². The number of tetrazole rings is 1. The van der Waals surface area contributed by atoms with E-state index in [-0.39, 0.29) is 18.5 Å². The lowest BCUT2D eigenvalue weighted by atomic mass is 9.88. The van der Waals surface area contributed by atoms with Crippen LogP contribution in [0.2, 0.25) is 0 Å². The van der Waals surface area contributed by atoms with Gasteiger partial charge in [0.15, 0.2) is 0 Å². The molecule has 0 fully saturated rings. The van der Waals surface area contributed by atoms with Gasteiger partial charge in [0.1, 0.15) is 12.9 Å². The maximum atomic E-state index is 12.0. The average Bonchev–Trinajstić information content (AvgIpc) is 2.92. The van der Waals surface area contributed by atoms with Gasteiger partial charge in [-0.05, 0) is 40.8 Å². The molecule has 6 nitrogen and oxygen atoms in total. The Morgan fingerprint density at radius 3 is 3.16 bits per heavy atom. The Hall–Kier alpha value is -2.24. The zero-order valence-corrected chi connectivity index (χ0v) is 10.5. The molecule has 3 rings (SSSR count). The molecule has 0 saturated heterocycles. The van der Waals surface area contributed by atoms with Crippen molar-refractivity contribution in [1.29, 1.82) is 0 Å². The molecule has 1 aromatic carbocycles. The number of fused-ring (bicyclic) bond motifs is 1. The van der Waals surface area contributed by atoms with E-state index in [1.807, 2.05) is 12.1 Å². The third kappa shape index (κ3) is 2.62. The highest BCUT2D eigenvalue weighted by Crippen LogP contribution is 2.29. The molecule has 19 heavy (non-hydrogen) atoms. The van der Waals surface area contributed by atoms with E-state index in [1.165, 1.54) is 22.1 Å². The summed E-state index contributed by atoms with van der Waals surface area (Å²) < 4.78 is 1.42. The Balaban J connectivity index is 1.69. The van der Waals surface area contributed by atoms with Crippen LogP contribution in [0.3, 0.4) is 0 Å². The number of nitrogens with zero attached hydrogens (tertiary/aromatic N) is 4. The fourth-order valence-electron chi connectivity index (χ4n) is 2.54. The lowest BCUT2D eigenvalue weighted by Crippen LogP contribution is -2.33. The molecule has 98 valence electrons. The highest BCUT2D eigenvalue weighted by Gasteiger charge is 2.21. The van der Waals surface area contributed by atoms with Gasteiger partial charge in [-0.1, -0.05) is 24.3 Å². The molecule has 0 spiro atoms. The molecule has 0 aliphatic heterocycles. The fraction of sp³-hybridized carbons (Fsp3) is 0.385. The van der Waals surface area contributed by atoms with Gasteiger partial charge in [-0.3, -0.25) is 4.79 Å². The number of hydrogen-bond donors (Lipinski definition) is 1. The van der Waals surface area contributed by atoms with Crippen LogP contribution >= 0.6 is 0 Å². The van der Waals surface area contributed by atoms with E-state index in [0.717, 1.165) is 19.3 Å². The Bertz CT molecular complexity index is 566. The van der Waals surface area contributed by atoms with Gasteiger partial charge in [0.25, 0.3) is 0 Å². The lowest BCUT2D eigenvalue weighted by Gasteiger charge is -2.26. The van der Waals surface area contributed by atoms with Gasteiger partial charge in [-0.15, -0.1) is 5.10 Å².